The second-order valence-electron chi connectivity index (χ2n) is 7.91. The zero-order chi connectivity index (χ0) is 20.5. The van der Waals surface area contributed by atoms with Crippen molar-refractivity contribution in [1.82, 2.24) is 14.5 Å². The molecule has 148 valence electrons. The van der Waals surface area contributed by atoms with Crippen molar-refractivity contribution in [1.29, 1.82) is 5.26 Å². The first-order valence-corrected chi connectivity index (χ1v) is 10.1. The summed E-state index contributed by atoms with van der Waals surface area (Å²) in [5.74, 6) is 1.96. The number of hydrogen-bond donors (Lipinski definition) is 0. The van der Waals surface area contributed by atoms with Gasteiger partial charge in [0, 0.05) is 25.3 Å². The van der Waals surface area contributed by atoms with Crippen molar-refractivity contribution in [2.24, 2.45) is 5.92 Å². The van der Waals surface area contributed by atoms with Crippen LogP contribution in [0, 0.1) is 38.0 Å². The number of nitrogens with zero attached hydrogens (tertiary/aromatic N) is 5. The third kappa shape index (κ3) is 3.61. The molecule has 29 heavy (non-hydrogen) atoms. The first-order chi connectivity index (χ1) is 14.0. The Hall–Kier alpha value is -3.20. The molecule has 0 atom stereocenters. The minimum absolute atomic E-state index is 0.0401. The molecule has 6 nitrogen and oxygen atoms in total. The number of nitriles is 1. The molecule has 0 radical (unpaired) electrons. The molecule has 3 aromatic rings. The van der Waals surface area contributed by atoms with E-state index >= 15 is 0 Å². The molecular weight excluding hydrogens is 362 g/mol. The number of piperidine rings is 1. The Morgan fingerprint density at radius 1 is 1.14 bits per heavy atom. The van der Waals surface area contributed by atoms with Gasteiger partial charge < -0.3 is 4.90 Å². The van der Waals surface area contributed by atoms with Gasteiger partial charge >= 0.3 is 0 Å². The van der Waals surface area contributed by atoms with Crippen LogP contribution in [0.5, 0.6) is 0 Å². The van der Waals surface area contributed by atoms with E-state index in [1.807, 2.05) is 55.7 Å². The molecule has 1 saturated heterocycles. The van der Waals surface area contributed by atoms with Gasteiger partial charge in [-0.2, -0.15) is 5.26 Å². The molecule has 6 heteroatoms. The summed E-state index contributed by atoms with van der Waals surface area (Å²) in [7, 11) is 0. The summed E-state index contributed by atoms with van der Waals surface area (Å²) >= 11 is 0. The van der Waals surface area contributed by atoms with Crippen LogP contribution in [0.2, 0.25) is 0 Å². The fraction of sp³-hybridized carbons (Fsp3) is 0.391. The van der Waals surface area contributed by atoms with Gasteiger partial charge in [-0.1, -0.05) is 12.1 Å². The summed E-state index contributed by atoms with van der Waals surface area (Å²) < 4.78 is 1.82. The largest absolute Gasteiger partial charge is 0.355 e. The minimum atomic E-state index is 0.0401. The third-order valence-corrected chi connectivity index (χ3v) is 5.84. The van der Waals surface area contributed by atoms with Gasteiger partial charge in [0.15, 0.2) is 0 Å². The Morgan fingerprint density at radius 3 is 2.59 bits per heavy atom. The van der Waals surface area contributed by atoms with Crippen LogP contribution in [-0.4, -0.2) is 27.6 Å². The Morgan fingerprint density at radius 2 is 1.86 bits per heavy atom. The summed E-state index contributed by atoms with van der Waals surface area (Å²) in [4.78, 5) is 24.4. The SMILES string of the molecule is Cc1cc(C)c(C#N)c(N2CCC(Cn3c(C)nc4ccccc4c3=O)CC2)n1. The summed E-state index contributed by atoms with van der Waals surface area (Å²) in [6.07, 6.45) is 1.91. The van der Waals surface area contributed by atoms with E-state index in [2.05, 4.69) is 20.9 Å². The zero-order valence-corrected chi connectivity index (χ0v) is 17.1. The number of anilines is 1. The molecule has 3 heterocycles. The monoisotopic (exact) mass is 387 g/mol. The second kappa shape index (κ2) is 7.67. The van der Waals surface area contributed by atoms with Crippen LogP contribution >= 0.6 is 0 Å². The van der Waals surface area contributed by atoms with Crippen LogP contribution in [0.3, 0.4) is 0 Å². The molecule has 0 unspecified atom stereocenters. The fourth-order valence-electron chi connectivity index (χ4n) is 4.26. The predicted molar refractivity (Wildman–Crippen MR) is 114 cm³/mol. The minimum Gasteiger partial charge on any atom is -0.355 e. The van der Waals surface area contributed by atoms with E-state index in [4.69, 9.17) is 0 Å². The zero-order valence-electron chi connectivity index (χ0n) is 17.1. The molecule has 1 aromatic carbocycles. The number of hydrogen-bond acceptors (Lipinski definition) is 5. The van der Waals surface area contributed by atoms with E-state index in [0.29, 0.717) is 23.4 Å². The number of aryl methyl sites for hydroxylation is 3. The van der Waals surface area contributed by atoms with Gasteiger partial charge in [0.05, 0.1) is 16.5 Å². The average molecular weight is 387 g/mol. The maximum Gasteiger partial charge on any atom is 0.261 e. The third-order valence-electron chi connectivity index (χ3n) is 5.84. The molecule has 1 aliphatic rings. The summed E-state index contributed by atoms with van der Waals surface area (Å²) in [6, 6.07) is 11.8. The highest BCUT2D eigenvalue weighted by molar-refractivity contribution is 5.77. The van der Waals surface area contributed by atoms with Gasteiger partial charge in [-0.3, -0.25) is 9.36 Å². The number of aromatic nitrogens is 3. The number of para-hydroxylation sites is 1. The molecular formula is C23H25N5O. The normalized spacial score (nSPS) is 14.9. The average Bonchev–Trinajstić information content (AvgIpc) is 2.71. The van der Waals surface area contributed by atoms with Gasteiger partial charge in [-0.25, -0.2) is 9.97 Å². The second-order valence-corrected chi connectivity index (χ2v) is 7.91. The molecule has 0 bridgehead atoms. The Bertz CT molecular complexity index is 1170. The lowest BCUT2D eigenvalue weighted by Crippen LogP contribution is -2.38. The lowest BCUT2D eigenvalue weighted by Gasteiger charge is -2.34. The van der Waals surface area contributed by atoms with Crippen molar-refractivity contribution in [3.8, 4) is 6.07 Å². The van der Waals surface area contributed by atoms with Crippen LogP contribution in [-0.2, 0) is 6.54 Å². The predicted octanol–water partition coefficient (Wildman–Crippen LogP) is 3.51. The van der Waals surface area contributed by atoms with Crippen molar-refractivity contribution in [3.05, 3.63) is 63.3 Å². The number of rotatable bonds is 3. The van der Waals surface area contributed by atoms with E-state index in [0.717, 1.165) is 54.3 Å². The van der Waals surface area contributed by atoms with Crippen LogP contribution < -0.4 is 10.5 Å². The maximum atomic E-state index is 12.9. The summed E-state index contributed by atoms with van der Waals surface area (Å²) in [5.41, 5.74) is 3.37. The molecule has 0 saturated carbocycles. The van der Waals surface area contributed by atoms with Gasteiger partial charge in [0.25, 0.3) is 5.56 Å². The Balaban J connectivity index is 1.53. The molecule has 4 rings (SSSR count). The molecule has 0 N–H and O–H groups in total. The quantitative estimate of drug-likeness (QED) is 0.687. The van der Waals surface area contributed by atoms with Gasteiger partial charge in [-0.15, -0.1) is 0 Å². The van der Waals surface area contributed by atoms with Gasteiger partial charge in [0.1, 0.15) is 17.7 Å². The van der Waals surface area contributed by atoms with Crippen LogP contribution in [0.25, 0.3) is 10.9 Å². The first kappa shape index (κ1) is 19.1. The van der Waals surface area contributed by atoms with Crippen molar-refractivity contribution in [2.45, 2.75) is 40.2 Å². The topological polar surface area (TPSA) is 74.8 Å². The Labute approximate surface area is 170 Å². The van der Waals surface area contributed by atoms with Crippen molar-refractivity contribution >= 4 is 16.7 Å². The molecule has 0 spiro atoms. The first-order valence-electron chi connectivity index (χ1n) is 10.1. The van der Waals surface area contributed by atoms with E-state index in [9.17, 15) is 10.1 Å². The standard InChI is InChI=1S/C23H25N5O/c1-15-12-16(2)25-22(20(15)13-24)27-10-8-18(9-11-27)14-28-17(3)26-21-7-5-4-6-19(21)23(28)29/h4-7,12,18H,8-11,14H2,1-3H3. The van der Waals surface area contributed by atoms with E-state index in [1.165, 1.54) is 0 Å². The van der Waals surface area contributed by atoms with Crippen molar-refractivity contribution < 1.29 is 0 Å². The molecule has 1 fully saturated rings. The molecule has 0 aliphatic carbocycles. The smallest absolute Gasteiger partial charge is 0.261 e. The van der Waals surface area contributed by atoms with E-state index in [1.54, 1.807) is 0 Å². The molecule has 2 aromatic heterocycles. The maximum absolute atomic E-state index is 12.9. The lowest BCUT2D eigenvalue weighted by molar-refractivity contribution is 0.348. The Kier molecular flexibility index (Phi) is 5.06. The highest BCUT2D eigenvalue weighted by atomic mass is 16.1. The van der Waals surface area contributed by atoms with Gasteiger partial charge in [-0.05, 0) is 63.3 Å². The summed E-state index contributed by atoms with van der Waals surface area (Å²) in [6.45, 7) is 8.19. The molecule has 0 amide bonds. The highest BCUT2D eigenvalue weighted by Crippen LogP contribution is 2.27. The number of pyridine rings is 1. The van der Waals surface area contributed by atoms with Crippen LogP contribution in [0.4, 0.5) is 5.82 Å². The van der Waals surface area contributed by atoms with Crippen molar-refractivity contribution in [3.63, 3.8) is 0 Å². The van der Waals surface area contributed by atoms with Crippen LogP contribution in [0.1, 0.15) is 35.5 Å². The highest BCUT2D eigenvalue weighted by Gasteiger charge is 2.24. The van der Waals surface area contributed by atoms with Gasteiger partial charge in [0.2, 0.25) is 0 Å². The van der Waals surface area contributed by atoms with Crippen molar-refractivity contribution in [2.75, 3.05) is 18.0 Å². The van der Waals surface area contributed by atoms with Crippen LogP contribution in [0.15, 0.2) is 35.1 Å². The number of benzene rings is 1. The summed E-state index contributed by atoms with van der Waals surface area (Å²) in [5, 5.41) is 10.2. The molecule has 1 aliphatic heterocycles. The number of fused-ring (bicyclic) bond motifs is 1. The van der Waals surface area contributed by atoms with E-state index in [-0.39, 0.29) is 5.56 Å². The lowest BCUT2D eigenvalue weighted by atomic mass is 9.96. The van der Waals surface area contributed by atoms with E-state index < -0.39 is 0 Å². The fourth-order valence-corrected chi connectivity index (χ4v) is 4.26.